The third kappa shape index (κ3) is 6.78. The Balaban J connectivity index is -0.000000807. The summed E-state index contributed by atoms with van der Waals surface area (Å²) in [5.74, 6) is 0. The van der Waals surface area contributed by atoms with Gasteiger partial charge in [-0.15, -0.1) is 0 Å². The Morgan fingerprint density at radius 3 is 0.808 bits per heavy atom. The van der Waals surface area contributed by atoms with E-state index < -0.39 is 59.7 Å². The van der Waals surface area contributed by atoms with Crippen molar-refractivity contribution in [2.75, 3.05) is 0 Å². The van der Waals surface area contributed by atoms with Crippen molar-refractivity contribution in [2.45, 2.75) is 29.3 Å². The van der Waals surface area contributed by atoms with E-state index in [4.69, 9.17) is 50.6 Å². The molecule has 0 saturated carbocycles. The van der Waals surface area contributed by atoms with Gasteiger partial charge in [0.15, 0.2) is 0 Å². The fraction of sp³-hybridized carbons (Fsp3) is 1.00. The molecule has 0 aromatic carbocycles. The maximum absolute atomic E-state index is 11.2. The van der Waals surface area contributed by atoms with Crippen LogP contribution in [0, 0.1) is 0 Å². The summed E-state index contributed by atoms with van der Waals surface area (Å²) in [6.07, 6.45) is -3.32. The van der Waals surface area contributed by atoms with Crippen LogP contribution in [0.15, 0.2) is 0 Å². The van der Waals surface area contributed by atoms with E-state index >= 15 is 0 Å². The van der Waals surface area contributed by atoms with E-state index in [9.17, 15) is 18.3 Å². The largest absolute Gasteiger partial charge is 0.412 e. The van der Waals surface area contributed by atoms with E-state index in [1.165, 1.54) is 0 Å². The summed E-state index contributed by atoms with van der Waals surface area (Å²) in [7, 11) is -22.3. The molecule has 0 spiro atoms. The van der Waals surface area contributed by atoms with Gasteiger partial charge in [-0.3, -0.25) is 18.3 Å². The number of nitrogens with two attached hydrogens (primary N) is 2. The lowest BCUT2D eigenvalue weighted by molar-refractivity contribution is 0.290. The summed E-state index contributed by atoms with van der Waals surface area (Å²) < 4.78 is 44.8. The van der Waals surface area contributed by atoms with Crippen LogP contribution in [-0.2, 0) is 18.3 Å². The number of hydrogen-bond acceptors (Lipinski definition) is 6. The summed E-state index contributed by atoms with van der Waals surface area (Å²) in [5, 5.41) is -6.77. The van der Waals surface area contributed by atoms with Gasteiger partial charge in [-0.1, -0.05) is 0 Å². The van der Waals surface area contributed by atoms with E-state index in [2.05, 4.69) is 0 Å². The van der Waals surface area contributed by atoms with E-state index in [-0.39, 0.29) is 16.4 Å². The first-order valence-corrected chi connectivity index (χ1v) is 12.0. The minimum Gasteiger partial charge on any atom is -0.412 e. The third-order valence-corrected chi connectivity index (χ3v) is 11.2. The Morgan fingerprint density at radius 2 is 0.692 bits per heavy atom. The zero-order valence-corrected chi connectivity index (χ0v) is 16.4. The van der Waals surface area contributed by atoms with Gasteiger partial charge in [0, 0.05) is 0 Å². The SMILES string of the molecule is NC(CCCC(N)(P(=O)(O)O)P(=O)(O)O)(P(=O)(O)O)P(=O)(O)O.O.O.O. The van der Waals surface area contributed by atoms with Crippen LogP contribution in [0.2, 0.25) is 0 Å². The Bertz CT molecular complexity index is 528. The summed E-state index contributed by atoms with van der Waals surface area (Å²) in [4.78, 5) is 71.8. The zero-order valence-electron chi connectivity index (χ0n) is 12.8. The second kappa shape index (κ2) is 9.74. The molecule has 0 saturated heterocycles. The highest BCUT2D eigenvalue weighted by Crippen LogP contribution is 2.70. The van der Waals surface area contributed by atoms with Gasteiger partial charge in [0.2, 0.25) is 10.0 Å². The van der Waals surface area contributed by atoms with E-state index in [1.807, 2.05) is 0 Å². The molecular formula is C5H24N2O15P4. The molecule has 0 atom stereocenters. The lowest BCUT2D eigenvalue weighted by atomic mass is 10.2. The normalized spacial score (nSPS) is 13.9. The molecule has 0 bridgehead atoms. The summed E-state index contributed by atoms with van der Waals surface area (Å²) >= 11 is 0. The molecule has 17 nitrogen and oxygen atoms in total. The van der Waals surface area contributed by atoms with Gasteiger partial charge in [-0.25, -0.2) is 0 Å². The molecule has 0 rings (SSSR count). The van der Waals surface area contributed by atoms with Crippen LogP contribution in [0.25, 0.3) is 0 Å². The predicted molar refractivity (Wildman–Crippen MR) is 86.7 cm³/mol. The van der Waals surface area contributed by atoms with Gasteiger partial charge in [0.1, 0.15) is 0 Å². The highest BCUT2D eigenvalue weighted by atomic mass is 31.2. The molecule has 0 aromatic heterocycles. The fourth-order valence-electron chi connectivity index (χ4n) is 1.53. The molecule has 18 N–H and O–H groups in total. The Morgan fingerprint density at radius 1 is 0.538 bits per heavy atom. The Kier molecular flexibility index (Phi) is 12.7. The van der Waals surface area contributed by atoms with Gasteiger partial charge in [-0.05, 0) is 19.3 Å². The minimum atomic E-state index is -5.59. The van der Waals surface area contributed by atoms with Gasteiger partial charge >= 0.3 is 30.4 Å². The van der Waals surface area contributed by atoms with E-state index in [1.54, 1.807) is 0 Å². The van der Waals surface area contributed by atoms with Crippen molar-refractivity contribution >= 4 is 30.4 Å². The molecule has 0 aliphatic carbocycles. The van der Waals surface area contributed by atoms with Crippen LogP contribution in [0.3, 0.4) is 0 Å². The van der Waals surface area contributed by atoms with Crippen LogP contribution in [0.4, 0.5) is 0 Å². The van der Waals surface area contributed by atoms with Gasteiger partial charge in [0.25, 0.3) is 0 Å². The second-order valence-electron chi connectivity index (χ2n) is 4.79. The van der Waals surface area contributed by atoms with Crippen LogP contribution in [0.5, 0.6) is 0 Å². The number of hydrogen-bond donors (Lipinski definition) is 10. The molecule has 0 radical (unpaired) electrons. The minimum absolute atomic E-state index is 0. The van der Waals surface area contributed by atoms with Crippen LogP contribution in [-0.4, -0.2) is 65.6 Å². The van der Waals surface area contributed by atoms with Gasteiger partial charge in [-0.2, -0.15) is 0 Å². The van der Waals surface area contributed by atoms with Crippen LogP contribution in [0.1, 0.15) is 19.3 Å². The monoisotopic (exact) mass is 476 g/mol. The zero-order chi connectivity index (χ0) is 19.1. The molecule has 0 unspecified atom stereocenters. The molecule has 0 fully saturated rings. The van der Waals surface area contributed by atoms with Crippen molar-refractivity contribution in [3.05, 3.63) is 0 Å². The maximum atomic E-state index is 11.2. The topological polar surface area (TPSA) is 377 Å². The first-order chi connectivity index (χ1) is 9.71. The average molecular weight is 476 g/mol. The molecular weight excluding hydrogens is 452 g/mol. The van der Waals surface area contributed by atoms with Gasteiger partial charge < -0.3 is 67.0 Å². The summed E-state index contributed by atoms with van der Waals surface area (Å²) in [6.45, 7) is 0. The van der Waals surface area contributed by atoms with Crippen LogP contribution < -0.4 is 11.5 Å². The third-order valence-electron chi connectivity index (χ3n) is 3.11. The van der Waals surface area contributed by atoms with Crippen molar-refractivity contribution in [3.63, 3.8) is 0 Å². The molecule has 21 heteroatoms. The Labute approximate surface area is 146 Å². The smallest absolute Gasteiger partial charge is 0.357 e. The average Bonchev–Trinajstić information content (AvgIpc) is 2.22. The van der Waals surface area contributed by atoms with Crippen molar-refractivity contribution < 1.29 is 73.8 Å². The molecule has 0 heterocycles. The highest BCUT2D eigenvalue weighted by Gasteiger charge is 2.60. The van der Waals surface area contributed by atoms with E-state index in [0.29, 0.717) is 0 Å². The van der Waals surface area contributed by atoms with Crippen molar-refractivity contribution in [2.24, 2.45) is 11.5 Å². The van der Waals surface area contributed by atoms with Gasteiger partial charge in [0.05, 0.1) is 0 Å². The Hall–Kier alpha value is 0.400. The molecule has 0 aromatic rings. The molecule has 164 valence electrons. The van der Waals surface area contributed by atoms with Crippen molar-refractivity contribution in [1.82, 2.24) is 0 Å². The second-order valence-corrected chi connectivity index (χ2v) is 13.0. The molecule has 0 amide bonds. The summed E-state index contributed by atoms with van der Waals surface area (Å²) in [5.41, 5.74) is 10.1. The predicted octanol–water partition coefficient (Wildman–Crippen LogP) is -4.38. The summed E-state index contributed by atoms with van der Waals surface area (Å²) in [6, 6.07) is 0. The molecule has 0 aliphatic heterocycles. The quantitative estimate of drug-likeness (QED) is 0.148. The highest BCUT2D eigenvalue weighted by molar-refractivity contribution is 7.72. The molecule has 26 heavy (non-hydrogen) atoms. The standard InChI is InChI=1S/C5H18N2O12P4.3H2O/c6-4(20(8,9)10,21(11,12)13)2-1-3-5(7,22(14,15)16)23(17,18)19;;;/h1-3,6-7H2,(H2,8,9,10)(H2,11,12,13)(H2,14,15,16)(H2,17,18,19);3*1H2. The first-order valence-electron chi connectivity index (χ1n) is 5.51. The fourth-order valence-corrected chi connectivity index (χ4v) is 6.04. The molecule has 0 aliphatic rings. The van der Waals surface area contributed by atoms with Crippen molar-refractivity contribution in [1.29, 1.82) is 0 Å². The first kappa shape index (κ1) is 33.9. The lowest BCUT2D eigenvalue weighted by Crippen LogP contribution is -2.42. The van der Waals surface area contributed by atoms with Crippen molar-refractivity contribution in [3.8, 4) is 0 Å². The lowest BCUT2D eigenvalue weighted by Gasteiger charge is -2.33. The van der Waals surface area contributed by atoms with E-state index in [0.717, 1.165) is 0 Å². The van der Waals surface area contributed by atoms with Crippen LogP contribution >= 0.6 is 30.4 Å². The maximum Gasteiger partial charge on any atom is 0.357 e. The number of rotatable bonds is 8.